The number of nitrogens with one attached hydrogen (secondary N) is 1. The van der Waals surface area contributed by atoms with Crippen LogP contribution in [-0.4, -0.2) is 42.6 Å². The van der Waals surface area contributed by atoms with Crippen molar-refractivity contribution in [3.8, 4) is 0 Å². The third kappa shape index (κ3) is 3.41. The Bertz CT molecular complexity index is 609. The van der Waals surface area contributed by atoms with E-state index >= 15 is 0 Å². The monoisotopic (exact) mass is 343 g/mol. The maximum Gasteiger partial charge on any atom is 0.194 e. The van der Waals surface area contributed by atoms with Crippen LogP contribution in [0.5, 0.6) is 0 Å². The van der Waals surface area contributed by atoms with Crippen molar-refractivity contribution in [1.82, 2.24) is 10.2 Å². The zero-order valence-electron chi connectivity index (χ0n) is 16.4. The lowest BCUT2D eigenvalue weighted by Gasteiger charge is -2.62. The van der Waals surface area contributed by atoms with E-state index in [0.29, 0.717) is 11.3 Å². The van der Waals surface area contributed by atoms with Crippen LogP contribution in [0.2, 0.25) is 0 Å². The van der Waals surface area contributed by atoms with Crippen LogP contribution in [0.15, 0.2) is 35.3 Å². The summed E-state index contributed by atoms with van der Waals surface area (Å²) in [6, 6.07) is 10.6. The van der Waals surface area contributed by atoms with Gasteiger partial charge in [-0.2, -0.15) is 0 Å². The van der Waals surface area contributed by atoms with Gasteiger partial charge in [0, 0.05) is 43.1 Å². The third-order valence-electron chi connectivity index (χ3n) is 6.29. The minimum Gasteiger partial charge on any atom is -0.373 e. The molecule has 4 nitrogen and oxygen atoms in total. The molecule has 4 heteroatoms. The first-order valence-electron chi connectivity index (χ1n) is 9.59. The highest BCUT2D eigenvalue weighted by atomic mass is 16.5. The lowest BCUT2D eigenvalue weighted by Crippen LogP contribution is -2.72. The van der Waals surface area contributed by atoms with E-state index in [2.05, 4.69) is 75.2 Å². The highest BCUT2D eigenvalue weighted by Crippen LogP contribution is 2.46. The number of benzene rings is 1. The summed E-state index contributed by atoms with van der Waals surface area (Å²) < 4.78 is 6.02. The third-order valence-corrected chi connectivity index (χ3v) is 6.29. The number of guanidine groups is 1. The van der Waals surface area contributed by atoms with Gasteiger partial charge in [-0.15, -0.1) is 0 Å². The molecule has 0 bridgehead atoms. The van der Waals surface area contributed by atoms with E-state index in [1.807, 2.05) is 0 Å². The molecule has 2 aliphatic heterocycles. The van der Waals surface area contributed by atoms with E-state index in [1.54, 1.807) is 0 Å². The zero-order valence-corrected chi connectivity index (χ0v) is 16.4. The molecule has 1 aromatic rings. The van der Waals surface area contributed by atoms with E-state index in [4.69, 9.17) is 9.73 Å². The van der Waals surface area contributed by atoms with Gasteiger partial charge in [0.05, 0.1) is 6.10 Å². The van der Waals surface area contributed by atoms with Crippen LogP contribution in [0.4, 0.5) is 0 Å². The molecule has 0 aromatic heterocycles. The molecule has 138 valence electrons. The van der Waals surface area contributed by atoms with Gasteiger partial charge >= 0.3 is 0 Å². The molecule has 2 saturated heterocycles. The number of hydrogen-bond donors (Lipinski definition) is 1. The zero-order chi connectivity index (χ0) is 18.1. The smallest absolute Gasteiger partial charge is 0.194 e. The molecule has 1 aromatic carbocycles. The van der Waals surface area contributed by atoms with Crippen molar-refractivity contribution in [2.45, 2.75) is 52.7 Å². The van der Waals surface area contributed by atoms with E-state index in [1.165, 1.54) is 5.56 Å². The summed E-state index contributed by atoms with van der Waals surface area (Å²) in [5.41, 5.74) is 1.71. The van der Waals surface area contributed by atoms with Gasteiger partial charge in [-0.1, -0.05) is 44.2 Å². The SMILES string of the molecule is CCNC(=NCC1CCOC1c1ccccc1)N1CC(C)(C)C1(C)C. The number of rotatable bonds is 4. The summed E-state index contributed by atoms with van der Waals surface area (Å²) in [4.78, 5) is 7.43. The number of aliphatic imine (C=N–C) groups is 1. The predicted molar refractivity (Wildman–Crippen MR) is 104 cm³/mol. The second-order valence-corrected chi connectivity index (χ2v) is 8.47. The molecule has 0 amide bonds. The Morgan fingerprint density at radius 3 is 2.56 bits per heavy atom. The maximum atomic E-state index is 6.02. The van der Waals surface area contributed by atoms with E-state index < -0.39 is 0 Å². The van der Waals surface area contributed by atoms with Gasteiger partial charge in [0.1, 0.15) is 0 Å². The second kappa shape index (κ2) is 6.99. The first-order valence-corrected chi connectivity index (χ1v) is 9.59. The van der Waals surface area contributed by atoms with Crippen molar-refractivity contribution in [3.63, 3.8) is 0 Å². The van der Waals surface area contributed by atoms with Crippen LogP contribution >= 0.6 is 0 Å². The van der Waals surface area contributed by atoms with Gasteiger partial charge in [0.2, 0.25) is 0 Å². The largest absolute Gasteiger partial charge is 0.373 e. The van der Waals surface area contributed by atoms with Crippen LogP contribution in [0.1, 0.15) is 52.7 Å². The molecule has 2 unspecified atom stereocenters. The van der Waals surface area contributed by atoms with Gasteiger partial charge in [0.25, 0.3) is 0 Å². The molecule has 25 heavy (non-hydrogen) atoms. The van der Waals surface area contributed by atoms with Crippen molar-refractivity contribution in [1.29, 1.82) is 0 Å². The minimum atomic E-state index is 0.124. The predicted octanol–water partition coefficient (Wildman–Crippen LogP) is 3.85. The van der Waals surface area contributed by atoms with Crippen LogP contribution in [-0.2, 0) is 4.74 Å². The van der Waals surface area contributed by atoms with E-state index in [9.17, 15) is 0 Å². The average Bonchev–Trinajstić information content (AvgIpc) is 3.06. The van der Waals surface area contributed by atoms with Crippen LogP contribution in [0, 0.1) is 11.3 Å². The Hall–Kier alpha value is -1.55. The fourth-order valence-corrected chi connectivity index (χ4v) is 3.83. The lowest BCUT2D eigenvalue weighted by molar-refractivity contribution is -0.0668. The van der Waals surface area contributed by atoms with Crippen molar-refractivity contribution in [2.75, 3.05) is 26.2 Å². The number of likely N-dealkylation sites (tertiary alicyclic amines) is 1. The fourth-order valence-electron chi connectivity index (χ4n) is 3.83. The summed E-state index contributed by atoms with van der Waals surface area (Å²) >= 11 is 0. The van der Waals surface area contributed by atoms with Crippen LogP contribution in [0.25, 0.3) is 0 Å². The number of hydrogen-bond acceptors (Lipinski definition) is 2. The summed E-state index contributed by atoms with van der Waals surface area (Å²) in [7, 11) is 0. The number of nitrogens with zero attached hydrogens (tertiary/aromatic N) is 2. The lowest BCUT2D eigenvalue weighted by atomic mass is 9.65. The van der Waals surface area contributed by atoms with Gasteiger partial charge in [-0.3, -0.25) is 4.99 Å². The summed E-state index contributed by atoms with van der Waals surface area (Å²) in [5.74, 6) is 1.50. The van der Waals surface area contributed by atoms with Crippen LogP contribution in [0.3, 0.4) is 0 Å². The topological polar surface area (TPSA) is 36.9 Å². The molecule has 2 heterocycles. The van der Waals surface area contributed by atoms with Crippen molar-refractivity contribution >= 4 is 5.96 Å². The maximum absolute atomic E-state index is 6.02. The quantitative estimate of drug-likeness (QED) is 0.666. The highest BCUT2D eigenvalue weighted by Gasteiger charge is 2.53. The van der Waals surface area contributed by atoms with Crippen molar-refractivity contribution in [3.05, 3.63) is 35.9 Å². The fraction of sp³-hybridized carbons (Fsp3) is 0.667. The van der Waals surface area contributed by atoms with E-state index in [-0.39, 0.29) is 11.6 Å². The molecule has 2 aliphatic rings. The summed E-state index contributed by atoms with van der Waals surface area (Å²) in [6.07, 6.45) is 1.26. The molecule has 0 radical (unpaired) electrons. The first kappa shape index (κ1) is 18.2. The Balaban J connectivity index is 1.72. The van der Waals surface area contributed by atoms with Crippen molar-refractivity contribution in [2.24, 2.45) is 16.3 Å². The summed E-state index contributed by atoms with van der Waals surface area (Å²) in [5, 5.41) is 3.49. The molecule has 0 spiro atoms. The Morgan fingerprint density at radius 1 is 1.24 bits per heavy atom. The normalized spacial score (nSPS) is 27.9. The molecular formula is C21H33N3O. The van der Waals surface area contributed by atoms with Gasteiger partial charge in [-0.05, 0) is 32.8 Å². The Labute approximate surface area is 152 Å². The van der Waals surface area contributed by atoms with Gasteiger partial charge in [0.15, 0.2) is 5.96 Å². The number of ether oxygens (including phenoxy) is 1. The molecule has 1 N–H and O–H groups in total. The van der Waals surface area contributed by atoms with Crippen molar-refractivity contribution < 1.29 is 4.74 Å². The minimum absolute atomic E-state index is 0.124. The summed E-state index contributed by atoms with van der Waals surface area (Å²) in [6.45, 7) is 15.0. The second-order valence-electron chi connectivity index (χ2n) is 8.47. The standard InChI is InChI=1S/C21H33N3O/c1-6-22-19(24-15-20(2,3)21(24,4)5)23-14-17-12-13-25-18(17)16-10-8-7-9-11-16/h7-11,17-18H,6,12-15H2,1-5H3,(H,22,23). The van der Waals surface area contributed by atoms with Gasteiger partial charge < -0.3 is 15.0 Å². The van der Waals surface area contributed by atoms with Crippen LogP contribution < -0.4 is 5.32 Å². The molecule has 0 aliphatic carbocycles. The molecule has 2 fully saturated rings. The average molecular weight is 344 g/mol. The molecule has 3 rings (SSSR count). The molecular weight excluding hydrogens is 310 g/mol. The molecule has 0 saturated carbocycles. The van der Waals surface area contributed by atoms with Gasteiger partial charge in [-0.25, -0.2) is 0 Å². The Morgan fingerprint density at radius 2 is 1.96 bits per heavy atom. The molecule has 2 atom stereocenters. The first-order chi connectivity index (χ1) is 11.9. The highest BCUT2D eigenvalue weighted by molar-refractivity contribution is 5.82. The Kier molecular flexibility index (Phi) is 5.10. The van der Waals surface area contributed by atoms with E-state index in [0.717, 1.165) is 38.6 Å².